The van der Waals surface area contributed by atoms with Crippen molar-refractivity contribution in [3.8, 4) is 0 Å². The van der Waals surface area contributed by atoms with E-state index in [1.807, 2.05) is 0 Å². The van der Waals surface area contributed by atoms with Gasteiger partial charge in [-0.15, -0.1) is 0 Å². The van der Waals surface area contributed by atoms with Crippen LogP contribution in [0.3, 0.4) is 0 Å². The number of hydrogen-bond acceptors (Lipinski definition) is 9. The molecule has 0 aliphatic heterocycles. The first kappa shape index (κ1) is 54.2. The lowest BCUT2D eigenvalue weighted by Gasteiger charge is -2.20. The smallest absolute Gasteiger partial charge is 0.462 e. The molecule has 56 heavy (non-hydrogen) atoms. The molecule has 0 aliphatic rings. The van der Waals surface area contributed by atoms with Gasteiger partial charge >= 0.3 is 19.8 Å². The van der Waals surface area contributed by atoms with Crippen molar-refractivity contribution in [3.63, 3.8) is 0 Å². The van der Waals surface area contributed by atoms with Gasteiger partial charge in [0.1, 0.15) is 12.7 Å². The normalized spacial score (nSPS) is 14.2. The van der Waals surface area contributed by atoms with Crippen LogP contribution >= 0.6 is 7.82 Å². The van der Waals surface area contributed by atoms with Gasteiger partial charge in [0, 0.05) is 12.8 Å². The fourth-order valence-corrected chi connectivity index (χ4v) is 6.81. The summed E-state index contributed by atoms with van der Waals surface area (Å²) in [5.41, 5.74) is 0. The molecule has 328 valence electrons. The molecule has 3 atom stereocenters. The van der Waals surface area contributed by atoms with E-state index in [1.54, 1.807) is 0 Å². The highest BCUT2D eigenvalue weighted by Crippen LogP contribution is 2.43. The van der Waals surface area contributed by atoms with E-state index in [4.69, 9.17) is 23.6 Å². The number of phosphoric ester groups is 1. The minimum Gasteiger partial charge on any atom is -0.462 e. The Morgan fingerprint density at radius 2 is 0.929 bits per heavy atom. The third-order valence-electron chi connectivity index (χ3n) is 9.52. The summed E-state index contributed by atoms with van der Waals surface area (Å²) in [6.07, 6.45) is 42.5. The lowest BCUT2D eigenvalue weighted by Crippen LogP contribution is -2.29. The van der Waals surface area contributed by atoms with Crippen LogP contribution in [0.4, 0.5) is 0 Å². The summed E-state index contributed by atoms with van der Waals surface area (Å²) in [5, 5.41) is 18.3. The molecule has 0 aromatic carbocycles. The molecule has 0 bridgehead atoms. The van der Waals surface area contributed by atoms with E-state index < -0.39 is 51.8 Å². The van der Waals surface area contributed by atoms with Gasteiger partial charge in [0.2, 0.25) is 0 Å². The number of rotatable bonds is 42. The van der Waals surface area contributed by atoms with Crippen LogP contribution in [0.1, 0.15) is 200 Å². The predicted octanol–water partition coefficient (Wildman–Crippen LogP) is 11.9. The Hall–Kier alpha value is -1.81. The molecular formula is C45H83O10P. The molecule has 10 nitrogen and oxygen atoms in total. The van der Waals surface area contributed by atoms with E-state index in [0.717, 1.165) is 70.6 Å². The maximum absolute atomic E-state index is 12.6. The van der Waals surface area contributed by atoms with Crippen molar-refractivity contribution in [1.82, 2.24) is 0 Å². The number of allylic oxidation sites excluding steroid dienone is 6. The number of esters is 2. The second kappa shape index (κ2) is 41.4. The Bertz CT molecular complexity index is 1030. The van der Waals surface area contributed by atoms with Crippen molar-refractivity contribution < 1.29 is 47.8 Å². The number of carbonyl (C=O) groups excluding carboxylic acids is 2. The molecule has 0 spiro atoms. The quantitative estimate of drug-likeness (QED) is 0.0235. The van der Waals surface area contributed by atoms with Crippen LogP contribution < -0.4 is 0 Å². The molecule has 3 N–H and O–H groups in total. The van der Waals surface area contributed by atoms with Crippen LogP contribution in [-0.4, -0.2) is 65.7 Å². The van der Waals surface area contributed by atoms with Gasteiger partial charge in [-0.3, -0.25) is 18.6 Å². The second-order valence-electron chi connectivity index (χ2n) is 15.1. The Labute approximate surface area is 341 Å². The lowest BCUT2D eigenvalue weighted by atomic mass is 10.1. The lowest BCUT2D eigenvalue weighted by molar-refractivity contribution is -0.161. The number of phosphoric acid groups is 1. The first-order valence-electron chi connectivity index (χ1n) is 22.4. The highest BCUT2D eigenvalue weighted by atomic mass is 31.2. The topological polar surface area (TPSA) is 149 Å². The van der Waals surface area contributed by atoms with Crippen molar-refractivity contribution in [1.29, 1.82) is 0 Å². The number of aliphatic hydroxyl groups is 2. The van der Waals surface area contributed by atoms with Gasteiger partial charge in [0.05, 0.1) is 19.8 Å². The zero-order valence-electron chi connectivity index (χ0n) is 35.6. The Kier molecular flexibility index (Phi) is 40.0. The maximum atomic E-state index is 12.6. The summed E-state index contributed by atoms with van der Waals surface area (Å²) in [6, 6.07) is 0. The largest absolute Gasteiger partial charge is 0.472 e. The van der Waals surface area contributed by atoms with Crippen molar-refractivity contribution in [3.05, 3.63) is 36.5 Å². The number of hydrogen-bond donors (Lipinski definition) is 3. The fraction of sp³-hybridized carbons (Fsp3) is 0.822. The van der Waals surface area contributed by atoms with Crippen LogP contribution in [0.2, 0.25) is 0 Å². The third kappa shape index (κ3) is 40.4. The van der Waals surface area contributed by atoms with Crippen molar-refractivity contribution >= 4 is 19.8 Å². The summed E-state index contributed by atoms with van der Waals surface area (Å²) in [4.78, 5) is 35.0. The van der Waals surface area contributed by atoms with Gasteiger partial charge in [0.25, 0.3) is 0 Å². The van der Waals surface area contributed by atoms with Gasteiger partial charge < -0.3 is 24.6 Å². The van der Waals surface area contributed by atoms with E-state index in [2.05, 4.69) is 50.3 Å². The first-order chi connectivity index (χ1) is 27.2. The van der Waals surface area contributed by atoms with Gasteiger partial charge in [-0.1, -0.05) is 153 Å². The standard InChI is InChI=1S/C45H83O10P/c1-3-5-7-9-11-13-15-17-19-20-21-22-23-25-26-28-30-32-34-36-44(48)52-40-43(41-54-56(50,51)53-39-42(47)38-46)55-45(49)37-35-33-31-29-27-24-18-16-14-12-10-8-6-4-2/h11,13,16-19,42-43,46-47H,3-10,12,14-15,20-41H2,1-2H3,(H,50,51)/b13-11+,18-16+,19-17+/t42-,43+/m1/s1. The summed E-state index contributed by atoms with van der Waals surface area (Å²) >= 11 is 0. The summed E-state index contributed by atoms with van der Waals surface area (Å²) in [7, 11) is -4.62. The van der Waals surface area contributed by atoms with Crippen LogP contribution in [0.15, 0.2) is 36.5 Å². The Balaban J connectivity index is 4.26. The highest BCUT2D eigenvalue weighted by molar-refractivity contribution is 7.47. The van der Waals surface area contributed by atoms with Gasteiger partial charge in [-0.2, -0.15) is 0 Å². The zero-order chi connectivity index (χ0) is 41.2. The average Bonchev–Trinajstić information content (AvgIpc) is 3.19. The number of ether oxygens (including phenoxy) is 2. The monoisotopic (exact) mass is 815 g/mol. The van der Waals surface area contributed by atoms with Crippen LogP contribution in [0, 0.1) is 0 Å². The minimum atomic E-state index is -4.62. The number of unbranched alkanes of at least 4 members (excludes halogenated alkanes) is 22. The van der Waals surface area contributed by atoms with Crippen LogP contribution in [0.5, 0.6) is 0 Å². The molecule has 1 unspecified atom stereocenters. The summed E-state index contributed by atoms with van der Waals surface area (Å²) < 4.78 is 32.7. The molecule has 0 aliphatic carbocycles. The van der Waals surface area contributed by atoms with E-state index >= 15 is 0 Å². The zero-order valence-corrected chi connectivity index (χ0v) is 36.5. The number of carbonyl (C=O) groups is 2. The molecule has 0 rings (SSSR count). The molecule has 0 aromatic rings. The van der Waals surface area contributed by atoms with E-state index in [9.17, 15) is 24.2 Å². The summed E-state index contributed by atoms with van der Waals surface area (Å²) in [6.45, 7) is 2.34. The van der Waals surface area contributed by atoms with Gasteiger partial charge in [-0.05, 0) is 70.6 Å². The molecule has 0 amide bonds. The van der Waals surface area contributed by atoms with Crippen LogP contribution in [-0.2, 0) is 32.7 Å². The molecule has 0 heterocycles. The highest BCUT2D eigenvalue weighted by Gasteiger charge is 2.27. The second-order valence-corrected chi connectivity index (χ2v) is 16.5. The van der Waals surface area contributed by atoms with E-state index in [1.165, 1.54) is 89.9 Å². The van der Waals surface area contributed by atoms with Crippen LogP contribution in [0.25, 0.3) is 0 Å². The predicted molar refractivity (Wildman–Crippen MR) is 228 cm³/mol. The Morgan fingerprint density at radius 3 is 1.43 bits per heavy atom. The minimum absolute atomic E-state index is 0.174. The molecule has 0 saturated carbocycles. The SMILES string of the molecule is CCCCC/C=C/C/C=C/CCCCCCCCCCCC(=O)OC[C@@H](COP(=O)(O)OC[C@H](O)CO)OC(=O)CCCCCCC/C=C/CCCCCCC. The number of aliphatic hydroxyl groups excluding tert-OH is 2. The van der Waals surface area contributed by atoms with Crippen molar-refractivity contribution in [2.75, 3.05) is 26.4 Å². The van der Waals surface area contributed by atoms with Crippen molar-refractivity contribution in [2.24, 2.45) is 0 Å². The summed E-state index contributed by atoms with van der Waals surface area (Å²) in [5.74, 6) is -0.936. The third-order valence-corrected chi connectivity index (χ3v) is 10.5. The Morgan fingerprint density at radius 1 is 0.536 bits per heavy atom. The first-order valence-corrected chi connectivity index (χ1v) is 23.9. The van der Waals surface area contributed by atoms with Gasteiger partial charge in [-0.25, -0.2) is 4.57 Å². The molecule has 0 saturated heterocycles. The maximum Gasteiger partial charge on any atom is 0.472 e. The molecule has 11 heteroatoms. The average molecular weight is 815 g/mol. The van der Waals surface area contributed by atoms with Gasteiger partial charge in [0.15, 0.2) is 6.10 Å². The molecule has 0 fully saturated rings. The molecular weight excluding hydrogens is 731 g/mol. The van der Waals surface area contributed by atoms with Crippen molar-refractivity contribution in [2.45, 2.75) is 212 Å². The fourth-order valence-electron chi connectivity index (χ4n) is 6.02. The molecule has 0 radical (unpaired) electrons. The van der Waals surface area contributed by atoms with E-state index in [0.29, 0.717) is 12.8 Å². The molecule has 0 aromatic heterocycles. The van der Waals surface area contributed by atoms with E-state index in [-0.39, 0.29) is 19.4 Å².